The molecule has 1 saturated heterocycles. The molecule has 0 aromatic rings. The summed E-state index contributed by atoms with van der Waals surface area (Å²) in [7, 11) is 0. The summed E-state index contributed by atoms with van der Waals surface area (Å²) in [6, 6.07) is 0. The molecule has 84 valence electrons. The second-order valence-electron chi connectivity index (χ2n) is 4.67. The smallest absolute Gasteiger partial charge is 0.0541 e. The van der Waals surface area contributed by atoms with E-state index < -0.39 is 0 Å². The van der Waals surface area contributed by atoms with E-state index in [1.54, 1.807) is 0 Å². The van der Waals surface area contributed by atoms with Gasteiger partial charge in [0.15, 0.2) is 0 Å². The van der Waals surface area contributed by atoms with Crippen LogP contribution in [0.1, 0.15) is 26.7 Å². The lowest BCUT2D eigenvalue weighted by atomic mass is 9.92. The number of aliphatic hydroxyl groups excluding tert-OH is 2. The van der Waals surface area contributed by atoms with Crippen LogP contribution in [-0.4, -0.2) is 47.5 Å². The fraction of sp³-hybridized carbons (Fsp3) is 1.00. The van der Waals surface area contributed by atoms with E-state index in [1.807, 2.05) is 6.92 Å². The molecule has 0 aromatic carbocycles. The Morgan fingerprint density at radius 3 is 2.29 bits per heavy atom. The molecule has 2 N–H and O–H groups in total. The van der Waals surface area contributed by atoms with Crippen LogP contribution in [0, 0.1) is 11.8 Å². The van der Waals surface area contributed by atoms with Crippen LogP contribution < -0.4 is 0 Å². The van der Waals surface area contributed by atoms with E-state index in [2.05, 4.69) is 11.8 Å². The molecule has 14 heavy (non-hydrogen) atoms. The Kier molecular flexibility index (Phi) is 4.85. The highest BCUT2D eigenvalue weighted by Crippen LogP contribution is 2.20. The summed E-state index contributed by atoms with van der Waals surface area (Å²) in [5.74, 6) is 0.855. The lowest BCUT2D eigenvalue weighted by molar-refractivity contribution is 0.0629. The maximum Gasteiger partial charge on any atom is 0.0541 e. The predicted octanol–water partition coefficient (Wildman–Crippen LogP) is 0.708. The molecule has 0 spiro atoms. The van der Waals surface area contributed by atoms with Gasteiger partial charge in [0, 0.05) is 13.2 Å². The summed E-state index contributed by atoms with van der Waals surface area (Å²) < 4.78 is 0. The number of hydrogen-bond donors (Lipinski definition) is 2. The highest BCUT2D eigenvalue weighted by atomic mass is 16.3. The molecular formula is C11H23NO2. The minimum Gasteiger partial charge on any atom is -0.396 e. The lowest BCUT2D eigenvalue weighted by Crippen LogP contribution is -2.39. The zero-order valence-corrected chi connectivity index (χ0v) is 9.32. The molecule has 0 amide bonds. The quantitative estimate of drug-likeness (QED) is 0.704. The summed E-state index contributed by atoms with van der Waals surface area (Å²) in [6.07, 6.45) is 2.03. The standard InChI is InChI=1S/C11H23NO2/c1-9(8-13)7-12-5-3-11(4-6-12)10(2)14/h9-11,13-14H,3-8H2,1-2H3. The molecule has 0 radical (unpaired) electrons. The second-order valence-corrected chi connectivity index (χ2v) is 4.67. The molecule has 2 atom stereocenters. The van der Waals surface area contributed by atoms with Crippen LogP contribution in [0.25, 0.3) is 0 Å². The molecule has 3 nitrogen and oxygen atoms in total. The van der Waals surface area contributed by atoms with Gasteiger partial charge in [-0.15, -0.1) is 0 Å². The molecule has 1 aliphatic heterocycles. The van der Waals surface area contributed by atoms with Crippen molar-refractivity contribution in [3.05, 3.63) is 0 Å². The Hall–Kier alpha value is -0.120. The van der Waals surface area contributed by atoms with Crippen molar-refractivity contribution in [3.63, 3.8) is 0 Å². The zero-order valence-electron chi connectivity index (χ0n) is 9.32. The van der Waals surface area contributed by atoms with Crippen LogP contribution in [-0.2, 0) is 0 Å². The van der Waals surface area contributed by atoms with E-state index in [0.29, 0.717) is 11.8 Å². The van der Waals surface area contributed by atoms with Crippen molar-refractivity contribution in [2.24, 2.45) is 11.8 Å². The first-order chi connectivity index (χ1) is 6.63. The van der Waals surface area contributed by atoms with Gasteiger partial charge in [0.2, 0.25) is 0 Å². The normalized spacial score (nSPS) is 24.9. The van der Waals surface area contributed by atoms with Crippen molar-refractivity contribution < 1.29 is 10.2 Å². The van der Waals surface area contributed by atoms with Crippen LogP contribution in [0.3, 0.4) is 0 Å². The number of hydrogen-bond acceptors (Lipinski definition) is 3. The molecule has 1 rings (SSSR count). The van der Waals surface area contributed by atoms with Gasteiger partial charge in [-0.25, -0.2) is 0 Å². The average Bonchev–Trinajstić information content (AvgIpc) is 2.18. The molecule has 2 unspecified atom stereocenters. The fourth-order valence-corrected chi connectivity index (χ4v) is 2.12. The molecular weight excluding hydrogens is 178 g/mol. The van der Waals surface area contributed by atoms with Crippen molar-refractivity contribution in [2.75, 3.05) is 26.2 Å². The third-order valence-electron chi connectivity index (χ3n) is 3.20. The highest BCUT2D eigenvalue weighted by Gasteiger charge is 2.22. The summed E-state index contributed by atoms with van der Waals surface area (Å²) in [6.45, 7) is 7.36. The number of rotatable bonds is 4. The molecule has 0 aromatic heterocycles. The van der Waals surface area contributed by atoms with Crippen molar-refractivity contribution >= 4 is 0 Å². The summed E-state index contributed by atoms with van der Waals surface area (Å²) in [5, 5.41) is 18.4. The Bertz CT molecular complexity index is 153. The van der Waals surface area contributed by atoms with Crippen LogP contribution >= 0.6 is 0 Å². The monoisotopic (exact) mass is 201 g/mol. The Morgan fingerprint density at radius 1 is 1.29 bits per heavy atom. The van der Waals surface area contributed by atoms with Crippen LogP contribution in [0.4, 0.5) is 0 Å². The van der Waals surface area contributed by atoms with Gasteiger partial charge >= 0.3 is 0 Å². The van der Waals surface area contributed by atoms with Gasteiger partial charge < -0.3 is 15.1 Å². The largest absolute Gasteiger partial charge is 0.396 e. The Balaban J connectivity index is 2.22. The van der Waals surface area contributed by atoms with Crippen molar-refractivity contribution in [3.8, 4) is 0 Å². The van der Waals surface area contributed by atoms with Gasteiger partial charge in [-0.05, 0) is 44.7 Å². The second kappa shape index (κ2) is 5.69. The molecule has 1 fully saturated rings. The molecule has 0 saturated carbocycles. The lowest BCUT2D eigenvalue weighted by Gasteiger charge is -2.34. The summed E-state index contributed by atoms with van der Waals surface area (Å²) in [4.78, 5) is 2.39. The number of likely N-dealkylation sites (tertiary alicyclic amines) is 1. The number of piperidine rings is 1. The van der Waals surface area contributed by atoms with Crippen LogP contribution in [0.15, 0.2) is 0 Å². The van der Waals surface area contributed by atoms with Gasteiger partial charge in [0.1, 0.15) is 0 Å². The SMILES string of the molecule is CC(CO)CN1CCC(C(C)O)CC1. The Labute approximate surface area is 86.7 Å². The third kappa shape index (κ3) is 3.56. The zero-order chi connectivity index (χ0) is 10.6. The maximum absolute atomic E-state index is 9.43. The van der Waals surface area contributed by atoms with Gasteiger partial charge in [-0.1, -0.05) is 6.92 Å². The summed E-state index contributed by atoms with van der Waals surface area (Å²) >= 11 is 0. The van der Waals surface area contributed by atoms with E-state index in [9.17, 15) is 5.11 Å². The van der Waals surface area contributed by atoms with Gasteiger partial charge in [0.05, 0.1) is 6.10 Å². The van der Waals surface area contributed by atoms with Crippen molar-refractivity contribution in [2.45, 2.75) is 32.8 Å². The van der Waals surface area contributed by atoms with Crippen molar-refractivity contribution in [1.29, 1.82) is 0 Å². The van der Waals surface area contributed by atoms with Crippen LogP contribution in [0.5, 0.6) is 0 Å². The van der Waals surface area contributed by atoms with Crippen LogP contribution in [0.2, 0.25) is 0 Å². The first kappa shape index (κ1) is 12.0. The Morgan fingerprint density at radius 2 is 1.86 bits per heavy atom. The maximum atomic E-state index is 9.43. The first-order valence-corrected chi connectivity index (χ1v) is 5.64. The molecule has 1 aliphatic rings. The number of nitrogens with zero attached hydrogens (tertiary/aromatic N) is 1. The minimum atomic E-state index is -0.160. The molecule has 0 aliphatic carbocycles. The predicted molar refractivity (Wildman–Crippen MR) is 57.1 cm³/mol. The van der Waals surface area contributed by atoms with Gasteiger partial charge in [-0.2, -0.15) is 0 Å². The molecule has 0 bridgehead atoms. The minimum absolute atomic E-state index is 0.160. The van der Waals surface area contributed by atoms with E-state index in [-0.39, 0.29) is 12.7 Å². The first-order valence-electron chi connectivity index (χ1n) is 5.64. The van der Waals surface area contributed by atoms with E-state index >= 15 is 0 Å². The van der Waals surface area contributed by atoms with Crippen molar-refractivity contribution in [1.82, 2.24) is 4.90 Å². The van der Waals surface area contributed by atoms with E-state index in [1.165, 1.54) is 0 Å². The highest BCUT2D eigenvalue weighted by molar-refractivity contribution is 4.76. The third-order valence-corrected chi connectivity index (χ3v) is 3.20. The topological polar surface area (TPSA) is 43.7 Å². The van der Waals surface area contributed by atoms with E-state index in [0.717, 1.165) is 32.5 Å². The summed E-state index contributed by atoms with van der Waals surface area (Å²) in [5.41, 5.74) is 0. The average molecular weight is 201 g/mol. The number of aliphatic hydroxyl groups is 2. The van der Waals surface area contributed by atoms with E-state index in [4.69, 9.17) is 5.11 Å². The molecule has 1 heterocycles. The van der Waals surface area contributed by atoms with Gasteiger partial charge in [-0.3, -0.25) is 0 Å². The molecule has 3 heteroatoms. The fourth-order valence-electron chi connectivity index (χ4n) is 2.12. The van der Waals surface area contributed by atoms with Gasteiger partial charge in [0.25, 0.3) is 0 Å².